The smallest absolute Gasteiger partial charge is 0.123 e. The molecule has 0 amide bonds. The molecule has 0 aromatic heterocycles. The predicted molar refractivity (Wildman–Crippen MR) is 85.4 cm³/mol. The molecular weight excluding hydrogens is 244 g/mol. The third-order valence-corrected chi connectivity index (χ3v) is 3.58. The van der Waals surface area contributed by atoms with Crippen LogP contribution in [0, 0.1) is 13.8 Å². The first-order valence-corrected chi connectivity index (χ1v) is 7.16. The summed E-state index contributed by atoms with van der Waals surface area (Å²) in [6, 6.07) is 14.8. The van der Waals surface area contributed by atoms with Gasteiger partial charge in [0.05, 0.1) is 0 Å². The van der Waals surface area contributed by atoms with E-state index in [1.165, 1.54) is 22.3 Å². The maximum absolute atomic E-state index is 6.09. The van der Waals surface area contributed by atoms with Gasteiger partial charge in [-0.25, -0.2) is 0 Å². The Balaban J connectivity index is 2.21. The van der Waals surface area contributed by atoms with Crippen LogP contribution in [0.25, 0.3) is 0 Å². The number of para-hydroxylation sites is 1. The van der Waals surface area contributed by atoms with E-state index in [-0.39, 0.29) is 5.41 Å². The fourth-order valence-corrected chi connectivity index (χ4v) is 2.32. The van der Waals surface area contributed by atoms with Gasteiger partial charge in [-0.3, -0.25) is 0 Å². The minimum Gasteiger partial charge on any atom is -0.489 e. The van der Waals surface area contributed by atoms with Gasteiger partial charge in [0, 0.05) is 0 Å². The van der Waals surface area contributed by atoms with Crippen molar-refractivity contribution in [3.8, 4) is 5.75 Å². The van der Waals surface area contributed by atoms with E-state index in [0.29, 0.717) is 6.61 Å². The van der Waals surface area contributed by atoms with Gasteiger partial charge in [-0.05, 0) is 42.0 Å². The number of rotatable bonds is 3. The van der Waals surface area contributed by atoms with E-state index in [9.17, 15) is 0 Å². The van der Waals surface area contributed by atoms with Crippen LogP contribution >= 0.6 is 0 Å². The normalized spacial score (nSPS) is 11.4. The van der Waals surface area contributed by atoms with Crippen LogP contribution in [0.1, 0.15) is 43.0 Å². The van der Waals surface area contributed by atoms with Crippen molar-refractivity contribution in [1.29, 1.82) is 0 Å². The summed E-state index contributed by atoms with van der Waals surface area (Å²) in [4.78, 5) is 0. The molecule has 20 heavy (non-hydrogen) atoms. The van der Waals surface area contributed by atoms with Crippen LogP contribution in [-0.2, 0) is 12.0 Å². The molecule has 2 aromatic rings. The Hall–Kier alpha value is -1.76. The van der Waals surface area contributed by atoms with Crippen LogP contribution in [0.15, 0.2) is 42.5 Å². The third-order valence-electron chi connectivity index (χ3n) is 3.58. The fourth-order valence-electron chi connectivity index (χ4n) is 2.32. The monoisotopic (exact) mass is 268 g/mol. The molecule has 0 aliphatic rings. The van der Waals surface area contributed by atoms with Gasteiger partial charge in [-0.1, -0.05) is 62.7 Å². The molecule has 0 bridgehead atoms. The quantitative estimate of drug-likeness (QED) is 0.745. The van der Waals surface area contributed by atoms with Crippen molar-refractivity contribution in [3.05, 3.63) is 64.7 Å². The summed E-state index contributed by atoms with van der Waals surface area (Å²) in [6.07, 6.45) is 0. The number of hydrogen-bond acceptors (Lipinski definition) is 1. The Labute approximate surface area is 122 Å². The first kappa shape index (κ1) is 14.6. The van der Waals surface area contributed by atoms with E-state index in [0.717, 1.165) is 5.75 Å². The molecule has 0 saturated carbocycles. The number of benzene rings is 2. The van der Waals surface area contributed by atoms with Gasteiger partial charge >= 0.3 is 0 Å². The van der Waals surface area contributed by atoms with Crippen molar-refractivity contribution >= 4 is 0 Å². The Morgan fingerprint density at radius 2 is 1.65 bits per heavy atom. The summed E-state index contributed by atoms with van der Waals surface area (Å²) < 4.78 is 6.09. The van der Waals surface area contributed by atoms with E-state index in [1.54, 1.807) is 0 Å². The van der Waals surface area contributed by atoms with Crippen molar-refractivity contribution in [2.75, 3.05) is 0 Å². The zero-order valence-electron chi connectivity index (χ0n) is 13.2. The highest BCUT2D eigenvalue weighted by atomic mass is 16.5. The average Bonchev–Trinajstić information content (AvgIpc) is 2.39. The van der Waals surface area contributed by atoms with Crippen LogP contribution in [0.3, 0.4) is 0 Å². The van der Waals surface area contributed by atoms with Crippen molar-refractivity contribution in [3.63, 3.8) is 0 Å². The maximum atomic E-state index is 6.09. The van der Waals surface area contributed by atoms with Gasteiger partial charge < -0.3 is 4.74 Å². The molecule has 2 rings (SSSR count). The lowest BCUT2D eigenvalue weighted by atomic mass is 9.86. The molecule has 1 heteroatoms. The van der Waals surface area contributed by atoms with Crippen LogP contribution < -0.4 is 4.74 Å². The van der Waals surface area contributed by atoms with Gasteiger partial charge in [0.1, 0.15) is 12.4 Å². The minimum absolute atomic E-state index is 0.0955. The second kappa shape index (κ2) is 5.70. The van der Waals surface area contributed by atoms with Gasteiger partial charge in [0.25, 0.3) is 0 Å². The molecule has 0 aliphatic heterocycles. The summed E-state index contributed by atoms with van der Waals surface area (Å²) in [5.41, 5.74) is 5.17. The molecule has 0 N–H and O–H groups in total. The van der Waals surface area contributed by atoms with E-state index in [4.69, 9.17) is 4.74 Å². The lowest BCUT2D eigenvalue weighted by Gasteiger charge is -2.23. The molecule has 106 valence electrons. The van der Waals surface area contributed by atoms with Crippen LogP contribution in [0.4, 0.5) is 0 Å². The first-order chi connectivity index (χ1) is 9.38. The van der Waals surface area contributed by atoms with Crippen molar-refractivity contribution in [2.24, 2.45) is 0 Å². The topological polar surface area (TPSA) is 9.23 Å². The van der Waals surface area contributed by atoms with Crippen molar-refractivity contribution in [1.82, 2.24) is 0 Å². The molecule has 1 nitrogen and oxygen atoms in total. The molecular formula is C19H24O. The molecule has 0 heterocycles. The number of hydrogen-bond donors (Lipinski definition) is 0. The van der Waals surface area contributed by atoms with E-state index >= 15 is 0 Å². The molecule has 0 atom stereocenters. The number of aryl methyl sites for hydroxylation is 2. The molecule has 0 aliphatic carbocycles. The second-order valence-corrected chi connectivity index (χ2v) is 6.46. The summed E-state index contributed by atoms with van der Waals surface area (Å²) >= 11 is 0. The molecule has 0 unspecified atom stereocenters. The fraction of sp³-hybridized carbons (Fsp3) is 0.368. The van der Waals surface area contributed by atoms with Crippen LogP contribution in [-0.4, -0.2) is 0 Å². The molecule has 0 spiro atoms. The van der Waals surface area contributed by atoms with Gasteiger partial charge in [-0.15, -0.1) is 0 Å². The molecule has 2 aromatic carbocycles. The van der Waals surface area contributed by atoms with E-state index in [2.05, 4.69) is 71.0 Å². The highest BCUT2D eigenvalue weighted by molar-refractivity contribution is 5.39. The summed E-state index contributed by atoms with van der Waals surface area (Å²) in [7, 11) is 0. The second-order valence-electron chi connectivity index (χ2n) is 6.46. The van der Waals surface area contributed by atoms with Crippen molar-refractivity contribution < 1.29 is 4.74 Å². The van der Waals surface area contributed by atoms with Gasteiger partial charge in [-0.2, -0.15) is 0 Å². The largest absolute Gasteiger partial charge is 0.489 e. The summed E-state index contributed by atoms with van der Waals surface area (Å²) in [6.45, 7) is 11.5. The van der Waals surface area contributed by atoms with Crippen LogP contribution in [0.5, 0.6) is 5.75 Å². The SMILES string of the molecule is Cc1ccc(C)c(COc2ccccc2C(C)(C)C)c1. The first-order valence-electron chi connectivity index (χ1n) is 7.16. The zero-order chi connectivity index (χ0) is 14.8. The summed E-state index contributed by atoms with van der Waals surface area (Å²) in [5.74, 6) is 0.987. The zero-order valence-corrected chi connectivity index (χ0v) is 13.2. The molecule has 0 fully saturated rings. The van der Waals surface area contributed by atoms with E-state index in [1.807, 2.05) is 6.07 Å². The lowest BCUT2D eigenvalue weighted by molar-refractivity contribution is 0.297. The maximum Gasteiger partial charge on any atom is 0.123 e. The van der Waals surface area contributed by atoms with Crippen molar-refractivity contribution in [2.45, 2.75) is 46.6 Å². The van der Waals surface area contributed by atoms with E-state index < -0.39 is 0 Å². The highest BCUT2D eigenvalue weighted by Gasteiger charge is 2.18. The molecule has 0 radical (unpaired) electrons. The lowest BCUT2D eigenvalue weighted by Crippen LogP contribution is -2.13. The Bertz CT molecular complexity index is 591. The van der Waals surface area contributed by atoms with Gasteiger partial charge in [0.2, 0.25) is 0 Å². The number of ether oxygens (including phenoxy) is 1. The minimum atomic E-state index is 0.0955. The van der Waals surface area contributed by atoms with Crippen LogP contribution in [0.2, 0.25) is 0 Å². The Morgan fingerprint density at radius 3 is 2.35 bits per heavy atom. The predicted octanol–water partition coefficient (Wildman–Crippen LogP) is 5.18. The van der Waals surface area contributed by atoms with Gasteiger partial charge in [0.15, 0.2) is 0 Å². The Morgan fingerprint density at radius 1 is 0.950 bits per heavy atom. The highest BCUT2D eigenvalue weighted by Crippen LogP contribution is 2.31. The Kier molecular flexibility index (Phi) is 4.17. The third kappa shape index (κ3) is 3.41. The molecule has 0 saturated heterocycles. The summed E-state index contributed by atoms with van der Waals surface area (Å²) in [5, 5.41) is 0. The average molecular weight is 268 g/mol. The standard InChI is InChI=1S/C19H24O/c1-14-10-11-15(2)16(12-14)13-20-18-9-7-6-8-17(18)19(3,4)5/h6-12H,13H2,1-5H3.